The molecule has 2 atom stereocenters. The van der Waals surface area contributed by atoms with Gasteiger partial charge in [-0.15, -0.1) is 10.2 Å². The second-order valence-electron chi connectivity index (χ2n) is 9.12. The van der Waals surface area contributed by atoms with Gasteiger partial charge >= 0.3 is 0 Å². The quantitative estimate of drug-likeness (QED) is 0.580. The number of hydrogen-bond acceptors (Lipinski definition) is 8. The number of nitrogens with zero attached hydrogens (tertiary/aromatic N) is 7. The molecule has 0 bridgehead atoms. The van der Waals surface area contributed by atoms with E-state index in [0.717, 1.165) is 17.1 Å². The number of anilines is 2. The standard InChI is InChI=1S/C23H25FN8O2S/c1-30-12-16(6-7-19(30)33)25-21-20-17(8-11-35(20)34)26-23(27-21)31-9-10-32-18(13-31)28-29-22(32)14-2-4-15(24)5-3-14/h2-5,16H,6-13H2,1H3,(H,25,26,27)/t16-,35?/m1/s1. The van der Waals surface area contributed by atoms with Gasteiger partial charge in [0.1, 0.15) is 16.5 Å². The summed E-state index contributed by atoms with van der Waals surface area (Å²) in [6.45, 7) is 2.36. The van der Waals surface area contributed by atoms with Crippen molar-refractivity contribution in [2.75, 3.05) is 36.1 Å². The number of halogens is 1. The Morgan fingerprint density at radius 2 is 1.94 bits per heavy atom. The Morgan fingerprint density at radius 3 is 2.74 bits per heavy atom. The van der Waals surface area contributed by atoms with Crippen LogP contribution < -0.4 is 10.2 Å². The number of aryl methyl sites for hydroxylation is 1. The number of carbonyl (C=O) groups excluding carboxylic acids is 1. The van der Waals surface area contributed by atoms with Crippen LogP contribution in [0.2, 0.25) is 0 Å². The number of hydrogen-bond donors (Lipinski definition) is 1. The van der Waals surface area contributed by atoms with E-state index in [9.17, 15) is 13.4 Å². The number of nitrogens with one attached hydrogen (secondary N) is 1. The predicted molar refractivity (Wildman–Crippen MR) is 128 cm³/mol. The fourth-order valence-corrected chi connectivity index (χ4v) is 6.20. The molecule has 3 aliphatic heterocycles. The summed E-state index contributed by atoms with van der Waals surface area (Å²) < 4.78 is 28.1. The first-order chi connectivity index (χ1) is 17.0. The minimum atomic E-state index is -1.14. The summed E-state index contributed by atoms with van der Waals surface area (Å²) in [6, 6.07) is 6.30. The summed E-state index contributed by atoms with van der Waals surface area (Å²) in [6.07, 6.45) is 1.84. The second-order valence-corrected chi connectivity index (χ2v) is 10.6. The van der Waals surface area contributed by atoms with Gasteiger partial charge in [0.25, 0.3) is 0 Å². The number of benzene rings is 1. The lowest BCUT2D eigenvalue weighted by Crippen LogP contribution is -2.43. The van der Waals surface area contributed by atoms with Crippen molar-refractivity contribution < 1.29 is 13.4 Å². The van der Waals surface area contributed by atoms with E-state index in [1.165, 1.54) is 12.1 Å². The zero-order chi connectivity index (χ0) is 24.1. The molecule has 10 nitrogen and oxygen atoms in total. The maximum atomic E-state index is 13.3. The van der Waals surface area contributed by atoms with E-state index < -0.39 is 10.8 Å². The number of likely N-dealkylation sites (tertiary alicyclic amines) is 1. The minimum Gasteiger partial charge on any atom is -0.364 e. The van der Waals surface area contributed by atoms with Gasteiger partial charge in [0.15, 0.2) is 11.6 Å². The molecule has 0 radical (unpaired) electrons. The highest BCUT2D eigenvalue weighted by atomic mass is 32.2. The minimum absolute atomic E-state index is 0.0462. The average molecular weight is 497 g/mol. The summed E-state index contributed by atoms with van der Waals surface area (Å²) >= 11 is 0. The topological polar surface area (TPSA) is 109 Å². The van der Waals surface area contributed by atoms with Crippen LogP contribution in [0.4, 0.5) is 16.2 Å². The number of amides is 1. The van der Waals surface area contributed by atoms with Crippen LogP contribution in [0.15, 0.2) is 29.2 Å². The Hall–Kier alpha value is -3.41. The van der Waals surface area contributed by atoms with Gasteiger partial charge in [-0.05, 0) is 30.7 Å². The van der Waals surface area contributed by atoms with E-state index >= 15 is 0 Å². The maximum Gasteiger partial charge on any atom is 0.228 e. The van der Waals surface area contributed by atoms with Gasteiger partial charge in [-0.2, -0.15) is 4.98 Å². The van der Waals surface area contributed by atoms with Crippen LogP contribution in [0.1, 0.15) is 24.4 Å². The fourth-order valence-electron chi connectivity index (χ4n) is 4.89. The first-order valence-electron chi connectivity index (χ1n) is 11.7. The molecule has 182 valence electrons. The lowest BCUT2D eigenvalue weighted by molar-refractivity contribution is -0.132. The molecule has 1 N–H and O–H groups in total. The SMILES string of the molecule is CN1C[C@H](Nc2nc(N3CCn4c(nnc4-c4ccc(F)cc4)C3)nc3c2S(=O)CC3)CCC1=O. The highest BCUT2D eigenvalue weighted by Crippen LogP contribution is 2.32. The van der Waals surface area contributed by atoms with Crippen molar-refractivity contribution >= 4 is 28.5 Å². The molecule has 3 aromatic rings. The van der Waals surface area contributed by atoms with E-state index in [4.69, 9.17) is 9.97 Å². The van der Waals surface area contributed by atoms with Gasteiger partial charge in [0.2, 0.25) is 11.9 Å². The Bertz CT molecular complexity index is 1330. The summed E-state index contributed by atoms with van der Waals surface area (Å²) in [5, 5.41) is 12.2. The Morgan fingerprint density at radius 1 is 1.11 bits per heavy atom. The largest absolute Gasteiger partial charge is 0.364 e. The molecule has 0 spiro atoms. The smallest absolute Gasteiger partial charge is 0.228 e. The summed E-state index contributed by atoms with van der Waals surface area (Å²) in [5.74, 6) is 3.06. The molecule has 35 heavy (non-hydrogen) atoms. The molecule has 6 rings (SSSR count). The van der Waals surface area contributed by atoms with E-state index in [0.29, 0.717) is 73.7 Å². The van der Waals surface area contributed by atoms with Gasteiger partial charge in [0.05, 0.1) is 23.0 Å². The number of aromatic nitrogens is 5. The lowest BCUT2D eigenvalue weighted by atomic mass is 10.1. The van der Waals surface area contributed by atoms with Gasteiger partial charge < -0.3 is 19.7 Å². The molecule has 1 unspecified atom stereocenters. The number of fused-ring (bicyclic) bond motifs is 2. The van der Waals surface area contributed by atoms with Crippen molar-refractivity contribution in [3.05, 3.63) is 41.6 Å². The van der Waals surface area contributed by atoms with Crippen LogP contribution in [0.25, 0.3) is 11.4 Å². The molecule has 2 aromatic heterocycles. The van der Waals surface area contributed by atoms with Crippen molar-refractivity contribution in [3.63, 3.8) is 0 Å². The second kappa shape index (κ2) is 8.67. The number of likely N-dealkylation sites (N-methyl/N-ethyl adjacent to an activating group) is 1. The average Bonchev–Trinajstić information content (AvgIpc) is 3.45. The molecule has 1 saturated heterocycles. The zero-order valence-electron chi connectivity index (χ0n) is 19.3. The Labute approximate surface area is 204 Å². The molecule has 5 heterocycles. The summed E-state index contributed by atoms with van der Waals surface area (Å²) in [7, 11) is 0.662. The molecular weight excluding hydrogens is 471 g/mol. The van der Waals surface area contributed by atoms with Gasteiger partial charge in [0, 0.05) is 56.9 Å². The highest BCUT2D eigenvalue weighted by molar-refractivity contribution is 7.85. The van der Waals surface area contributed by atoms with Crippen molar-refractivity contribution in [2.45, 2.75) is 43.3 Å². The molecule has 1 fully saturated rings. The van der Waals surface area contributed by atoms with Crippen LogP contribution in [0, 0.1) is 5.82 Å². The third-order valence-corrected chi connectivity index (χ3v) is 8.24. The van der Waals surface area contributed by atoms with E-state index in [2.05, 4.69) is 20.4 Å². The maximum absolute atomic E-state index is 13.3. The molecule has 1 amide bonds. The predicted octanol–water partition coefficient (Wildman–Crippen LogP) is 1.59. The van der Waals surface area contributed by atoms with Gasteiger partial charge in [-0.25, -0.2) is 9.37 Å². The van der Waals surface area contributed by atoms with E-state index in [1.807, 2.05) is 4.57 Å². The summed E-state index contributed by atoms with van der Waals surface area (Å²) in [4.78, 5) is 25.9. The third-order valence-electron chi connectivity index (χ3n) is 6.78. The molecule has 0 aliphatic carbocycles. The lowest BCUT2D eigenvalue weighted by Gasteiger charge is -2.32. The first-order valence-corrected chi connectivity index (χ1v) is 13.0. The van der Waals surface area contributed by atoms with Crippen molar-refractivity contribution in [1.29, 1.82) is 0 Å². The van der Waals surface area contributed by atoms with Gasteiger partial charge in [-0.1, -0.05) is 0 Å². The van der Waals surface area contributed by atoms with Crippen molar-refractivity contribution in [3.8, 4) is 11.4 Å². The van der Waals surface area contributed by atoms with Crippen LogP contribution >= 0.6 is 0 Å². The highest BCUT2D eigenvalue weighted by Gasteiger charge is 2.31. The monoisotopic (exact) mass is 496 g/mol. The normalized spacial score (nSPS) is 21.7. The molecule has 3 aliphatic rings. The van der Waals surface area contributed by atoms with Crippen LogP contribution in [0.3, 0.4) is 0 Å². The fraction of sp³-hybridized carbons (Fsp3) is 0.435. The van der Waals surface area contributed by atoms with Crippen molar-refractivity contribution in [1.82, 2.24) is 29.6 Å². The number of piperidine rings is 1. The molecule has 0 saturated carbocycles. The summed E-state index contributed by atoms with van der Waals surface area (Å²) in [5.41, 5.74) is 1.63. The van der Waals surface area contributed by atoms with Gasteiger partial charge in [-0.3, -0.25) is 9.00 Å². The molecule has 12 heteroatoms. The van der Waals surface area contributed by atoms with Crippen molar-refractivity contribution in [2.24, 2.45) is 0 Å². The van der Waals surface area contributed by atoms with E-state index in [1.54, 1.807) is 24.1 Å². The number of rotatable bonds is 4. The molecule has 1 aromatic carbocycles. The third kappa shape index (κ3) is 4.05. The van der Waals surface area contributed by atoms with Crippen LogP contribution in [0.5, 0.6) is 0 Å². The zero-order valence-corrected chi connectivity index (χ0v) is 20.1. The number of carbonyl (C=O) groups is 1. The Kier molecular flexibility index (Phi) is 5.47. The Balaban J connectivity index is 1.27. The first kappa shape index (κ1) is 22.1. The van der Waals surface area contributed by atoms with E-state index in [-0.39, 0.29) is 17.8 Å². The van der Waals surface area contributed by atoms with Crippen LogP contribution in [-0.2, 0) is 35.1 Å². The van der Waals surface area contributed by atoms with Crippen LogP contribution in [-0.4, -0.2) is 71.7 Å². The molecular formula is C23H25FN8O2S.